The molecule has 0 fully saturated rings. The van der Waals surface area contributed by atoms with Crippen molar-refractivity contribution in [1.29, 1.82) is 0 Å². The van der Waals surface area contributed by atoms with Crippen LogP contribution in [0.15, 0.2) is 77.8 Å². The maximum Gasteiger partial charge on any atom is 0.238 e. The van der Waals surface area contributed by atoms with E-state index in [1.807, 2.05) is 53.2 Å². The molecule has 0 bridgehead atoms. The highest BCUT2D eigenvalue weighted by Crippen LogP contribution is 2.36. The molecular formula is C20H17N3O3S. The molecular weight excluding hydrogens is 362 g/mol. The smallest absolute Gasteiger partial charge is 0.238 e. The summed E-state index contributed by atoms with van der Waals surface area (Å²) in [5.74, 6) is 0.765. The Morgan fingerprint density at radius 1 is 0.926 bits per heavy atom. The molecule has 136 valence electrons. The second-order valence-electron chi connectivity index (χ2n) is 6.05. The van der Waals surface area contributed by atoms with E-state index in [2.05, 4.69) is 0 Å². The largest absolute Gasteiger partial charge is 0.497 e. The molecule has 0 aliphatic carbocycles. The lowest BCUT2D eigenvalue weighted by molar-refractivity contribution is 0.415. The maximum atomic E-state index is 11.5. The summed E-state index contributed by atoms with van der Waals surface area (Å²) in [4.78, 5) is 0.0775. The zero-order valence-corrected chi connectivity index (χ0v) is 15.3. The minimum absolute atomic E-state index is 0.0775. The van der Waals surface area contributed by atoms with Crippen molar-refractivity contribution in [2.75, 3.05) is 7.11 Å². The van der Waals surface area contributed by atoms with Gasteiger partial charge in [0.05, 0.1) is 17.5 Å². The van der Waals surface area contributed by atoms with Gasteiger partial charge in [-0.3, -0.25) is 0 Å². The highest BCUT2D eigenvalue weighted by molar-refractivity contribution is 7.89. The molecule has 0 spiro atoms. The molecule has 0 saturated heterocycles. The maximum absolute atomic E-state index is 11.5. The van der Waals surface area contributed by atoms with E-state index >= 15 is 0 Å². The van der Waals surface area contributed by atoms with Crippen LogP contribution in [0, 0.1) is 0 Å². The number of ether oxygens (including phenoxy) is 1. The summed E-state index contributed by atoms with van der Waals surface area (Å²) < 4.78 is 30.1. The van der Waals surface area contributed by atoms with Gasteiger partial charge in [-0.2, -0.15) is 5.10 Å². The van der Waals surface area contributed by atoms with Gasteiger partial charge in [0.15, 0.2) is 0 Å². The molecule has 0 radical (unpaired) electrons. The van der Waals surface area contributed by atoms with Gasteiger partial charge in [-0.25, -0.2) is 18.1 Å². The molecule has 27 heavy (non-hydrogen) atoms. The number of pyridine rings is 1. The second kappa shape index (κ2) is 6.53. The molecule has 2 aromatic heterocycles. The molecule has 7 heteroatoms. The minimum atomic E-state index is -3.74. The van der Waals surface area contributed by atoms with E-state index in [1.54, 1.807) is 19.2 Å². The fourth-order valence-electron chi connectivity index (χ4n) is 3.05. The first-order valence-corrected chi connectivity index (χ1v) is 9.77. The van der Waals surface area contributed by atoms with Crippen LogP contribution in [0.25, 0.3) is 27.9 Å². The SMILES string of the molecule is COc1ccc(-c2nn3ccccc3c2-c2ccc(S(N)(=O)=O)cc2)cc1. The molecule has 0 unspecified atom stereocenters. The number of hydrogen-bond donors (Lipinski definition) is 1. The van der Waals surface area contributed by atoms with Crippen molar-refractivity contribution < 1.29 is 13.2 Å². The fourth-order valence-corrected chi connectivity index (χ4v) is 3.56. The van der Waals surface area contributed by atoms with Crippen LogP contribution < -0.4 is 9.88 Å². The number of hydrogen-bond acceptors (Lipinski definition) is 4. The third-order valence-electron chi connectivity index (χ3n) is 4.37. The normalized spacial score (nSPS) is 11.6. The first kappa shape index (κ1) is 17.3. The Hall–Kier alpha value is -3.16. The van der Waals surface area contributed by atoms with E-state index in [-0.39, 0.29) is 4.90 Å². The van der Waals surface area contributed by atoms with E-state index in [4.69, 9.17) is 15.0 Å². The number of rotatable bonds is 4. The van der Waals surface area contributed by atoms with E-state index < -0.39 is 10.0 Å². The van der Waals surface area contributed by atoms with E-state index in [0.29, 0.717) is 0 Å². The lowest BCUT2D eigenvalue weighted by Gasteiger charge is -2.06. The lowest BCUT2D eigenvalue weighted by atomic mass is 10.00. The standard InChI is InChI=1S/C20H17N3O3S/c1-26-16-9-5-15(6-10-16)20-19(18-4-2-3-13-23(18)22-20)14-7-11-17(12-8-14)27(21,24)25/h2-13H,1H3,(H2,21,24,25). The van der Waals surface area contributed by atoms with Gasteiger partial charge in [0, 0.05) is 17.3 Å². The summed E-state index contributed by atoms with van der Waals surface area (Å²) in [6, 6.07) is 20.0. The van der Waals surface area contributed by atoms with Crippen LogP contribution in [-0.4, -0.2) is 25.1 Å². The molecule has 2 aromatic carbocycles. The Balaban J connectivity index is 1.93. The highest BCUT2D eigenvalue weighted by Gasteiger charge is 2.17. The summed E-state index contributed by atoms with van der Waals surface area (Å²) in [5, 5.41) is 9.93. The third kappa shape index (κ3) is 3.18. The number of nitrogens with two attached hydrogens (primary N) is 1. The summed E-state index contributed by atoms with van der Waals surface area (Å²) in [7, 11) is -2.11. The van der Waals surface area contributed by atoms with Gasteiger partial charge in [-0.15, -0.1) is 0 Å². The monoisotopic (exact) mass is 379 g/mol. The van der Waals surface area contributed by atoms with Gasteiger partial charge >= 0.3 is 0 Å². The minimum Gasteiger partial charge on any atom is -0.497 e. The van der Waals surface area contributed by atoms with Crippen molar-refractivity contribution in [3.8, 4) is 28.1 Å². The summed E-state index contributed by atoms with van der Waals surface area (Å²) in [5.41, 5.74) is 4.43. The van der Waals surface area contributed by atoms with Gasteiger partial charge in [0.25, 0.3) is 0 Å². The van der Waals surface area contributed by atoms with Crippen LogP contribution in [-0.2, 0) is 10.0 Å². The number of sulfonamides is 1. The Morgan fingerprint density at radius 2 is 1.59 bits per heavy atom. The first-order valence-electron chi connectivity index (χ1n) is 8.22. The molecule has 0 atom stereocenters. The lowest BCUT2D eigenvalue weighted by Crippen LogP contribution is -2.11. The predicted octanol–water partition coefficient (Wildman–Crippen LogP) is 3.32. The average molecular weight is 379 g/mol. The molecule has 0 saturated carbocycles. The summed E-state index contributed by atoms with van der Waals surface area (Å²) >= 11 is 0. The van der Waals surface area contributed by atoms with Crippen LogP contribution >= 0.6 is 0 Å². The third-order valence-corrected chi connectivity index (χ3v) is 5.30. The van der Waals surface area contributed by atoms with E-state index in [1.165, 1.54) is 12.1 Å². The van der Waals surface area contributed by atoms with Gasteiger partial charge in [-0.05, 0) is 54.1 Å². The van der Waals surface area contributed by atoms with E-state index in [0.717, 1.165) is 33.7 Å². The number of primary sulfonamides is 1. The van der Waals surface area contributed by atoms with Crippen LogP contribution in [0.3, 0.4) is 0 Å². The van der Waals surface area contributed by atoms with Crippen molar-refractivity contribution >= 4 is 15.5 Å². The molecule has 0 aliphatic heterocycles. The average Bonchev–Trinajstić information content (AvgIpc) is 3.07. The number of benzene rings is 2. The molecule has 4 rings (SSSR count). The predicted molar refractivity (Wildman–Crippen MR) is 104 cm³/mol. The Morgan fingerprint density at radius 3 is 2.22 bits per heavy atom. The van der Waals surface area contributed by atoms with Gasteiger partial charge < -0.3 is 4.74 Å². The first-order chi connectivity index (χ1) is 13.0. The topological polar surface area (TPSA) is 86.7 Å². The van der Waals surface area contributed by atoms with Gasteiger partial charge in [0.2, 0.25) is 10.0 Å². The number of fused-ring (bicyclic) bond motifs is 1. The van der Waals surface area contributed by atoms with Crippen molar-refractivity contribution in [2.24, 2.45) is 5.14 Å². The Kier molecular flexibility index (Phi) is 4.18. The van der Waals surface area contributed by atoms with Gasteiger partial charge in [-0.1, -0.05) is 18.2 Å². The Labute approximate surface area is 156 Å². The fraction of sp³-hybridized carbons (Fsp3) is 0.0500. The number of nitrogens with zero attached hydrogens (tertiary/aromatic N) is 2. The zero-order valence-electron chi connectivity index (χ0n) is 14.5. The zero-order chi connectivity index (χ0) is 19.0. The molecule has 6 nitrogen and oxygen atoms in total. The molecule has 0 aliphatic rings. The molecule has 4 aromatic rings. The van der Waals surface area contributed by atoms with Crippen molar-refractivity contribution in [3.05, 3.63) is 72.9 Å². The van der Waals surface area contributed by atoms with Gasteiger partial charge in [0.1, 0.15) is 11.4 Å². The van der Waals surface area contributed by atoms with Crippen LogP contribution in [0.5, 0.6) is 5.75 Å². The number of methoxy groups -OCH3 is 1. The molecule has 0 amide bonds. The molecule has 2 heterocycles. The Bertz CT molecular complexity index is 1210. The van der Waals surface area contributed by atoms with E-state index in [9.17, 15) is 8.42 Å². The summed E-state index contributed by atoms with van der Waals surface area (Å²) in [6.45, 7) is 0. The summed E-state index contributed by atoms with van der Waals surface area (Å²) in [6.07, 6.45) is 1.88. The van der Waals surface area contributed by atoms with Crippen LogP contribution in [0.1, 0.15) is 0 Å². The van der Waals surface area contributed by atoms with Crippen molar-refractivity contribution in [3.63, 3.8) is 0 Å². The molecule has 2 N–H and O–H groups in total. The quantitative estimate of drug-likeness (QED) is 0.589. The van der Waals surface area contributed by atoms with Crippen molar-refractivity contribution in [1.82, 2.24) is 9.61 Å². The van der Waals surface area contributed by atoms with Crippen LogP contribution in [0.2, 0.25) is 0 Å². The highest BCUT2D eigenvalue weighted by atomic mass is 32.2. The second-order valence-corrected chi connectivity index (χ2v) is 7.61. The van der Waals surface area contributed by atoms with Crippen molar-refractivity contribution in [2.45, 2.75) is 4.90 Å². The van der Waals surface area contributed by atoms with Crippen LogP contribution in [0.4, 0.5) is 0 Å². The number of aromatic nitrogens is 2.